The Morgan fingerprint density at radius 2 is 1.70 bits per heavy atom. The van der Waals surface area contributed by atoms with Crippen LogP contribution in [0, 0.1) is 18.8 Å². The van der Waals surface area contributed by atoms with Crippen LogP contribution >= 0.6 is 0 Å². The third-order valence-corrected chi connectivity index (χ3v) is 10.3. The number of hydrogen-bond acceptors (Lipinski definition) is 8. The van der Waals surface area contributed by atoms with Gasteiger partial charge in [0.15, 0.2) is 0 Å². The quantitative estimate of drug-likeness (QED) is 0.0467. The molecule has 7 aromatic rings. The number of H-pyrrole nitrogens is 1. The molecule has 7 rings (SSSR count). The van der Waals surface area contributed by atoms with Crippen LogP contribution in [0.3, 0.4) is 0 Å². The number of aliphatic hydroxyl groups is 1. The number of ether oxygens (including phenoxy) is 1. The van der Waals surface area contributed by atoms with Crippen LogP contribution in [-0.2, 0) is 6.42 Å². The highest BCUT2D eigenvalue weighted by molar-refractivity contribution is 6.08. The van der Waals surface area contributed by atoms with E-state index >= 15 is 0 Å². The number of methoxy groups -OCH3 is 1. The van der Waals surface area contributed by atoms with Crippen LogP contribution in [0.5, 0.6) is 11.5 Å². The summed E-state index contributed by atoms with van der Waals surface area (Å²) in [6.45, 7) is 1.98. The number of amides is 2. The van der Waals surface area contributed by atoms with Crippen molar-refractivity contribution in [3.63, 3.8) is 0 Å². The SMILES string of the molecule is COc1cccc(Nc2c(C(N)=O)cnc3c(C)cc(Cc4cccc(C(=O)Nc5cccc(C#CCCCCC[C@H](O)c6ccc(O)c7[nH]c(=O)ccc67)c5)c4)cc23)c1. The number of aromatic hydroxyl groups is 1. The lowest BCUT2D eigenvalue weighted by atomic mass is 9.97. The molecule has 302 valence electrons. The van der Waals surface area contributed by atoms with E-state index in [9.17, 15) is 24.6 Å². The predicted molar refractivity (Wildman–Crippen MR) is 236 cm³/mol. The molecule has 5 aromatic carbocycles. The number of phenols is 1. The van der Waals surface area contributed by atoms with Gasteiger partial charge in [-0.3, -0.25) is 19.4 Å². The van der Waals surface area contributed by atoms with Gasteiger partial charge in [0.2, 0.25) is 5.56 Å². The zero-order chi connectivity index (χ0) is 42.2. The first-order valence-electron chi connectivity index (χ1n) is 19.7. The topological polar surface area (TPSA) is 180 Å². The largest absolute Gasteiger partial charge is 0.506 e. The second-order valence-electron chi connectivity index (χ2n) is 14.7. The van der Waals surface area contributed by atoms with Crippen LogP contribution in [0.15, 0.2) is 120 Å². The minimum absolute atomic E-state index is 0.0307. The number of benzene rings is 5. The number of fused-ring (bicyclic) bond motifs is 2. The van der Waals surface area contributed by atoms with Crippen molar-refractivity contribution in [3.8, 4) is 23.3 Å². The summed E-state index contributed by atoms with van der Waals surface area (Å²) in [4.78, 5) is 44.9. The summed E-state index contributed by atoms with van der Waals surface area (Å²) >= 11 is 0. The minimum Gasteiger partial charge on any atom is -0.506 e. The number of nitrogens with one attached hydrogen (secondary N) is 3. The zero-order valence-electron chi connectivity index (χ0n) is 33.3. The highest BCUT2D eigenvalue weighted by Crippen LogP contribution is 2.34. The van der Waals surface area contributed by atoms with Crippen LogP contribution in [-0.4, -0.2) is 39.1 Å². The molecule has 0 bridgehead atoms. The zero-order valence-corrected chi connectivity index (χ0v) is 33.3. The van der Waals surface area contributed by atoms with Crippen LogP contribution in [0.2, 0.25) is 0 Å². The molecule has 0 spiro atoms. The lowest BCUT2D eigenvalue weighted by Crippen LogP contribution is -2.14. The molecule has 1 atom stereocenters. The van der Waals surface area contributed by atoms with Crippen LogP contribution in [0.4, 0.5) is 17.1 Å². The van der Waals surface area contributed by atoms with Crippen molar-refractivity contribution >= 4 is 50.7 Å². The second-order valence-corrected chi connectivity index (χ2v) is 14.7. The van der Waals surface area contributed by atoms with E-state index < -0.39 is 12.0 Å². The first kappa shape index (κ1) is 40.8. The Morgan fingerprint density at radius 3 is 2.53 bits per heavy atom. The number of primary amides is 1. The molecular weight excluding hydrogens is 755 g/mol. The molecule has 2 heterocycles. The number of nitrogens with zero attached hydrogens (tertiary/aromatic N) is 1. The van der Waals surface area contributed by atoms with E-state index in [1.54, 1.807) is 25.3 Å². The van der Waals surface area contributed by atoms with Gasteiger partial charge in [0.1, 0.15) is 11.5 Å². The van der Waals surface area contributed by atoms with Gasteiger partial charge in [0.05, 0.1) is 35.5 Å². The van der Waals surface area contributed by atoms with Gasteiger partial charge in [-0.15, -0.1) is 0 Å². The minimum atomic E-state index is -0.723. The van der Waals surface area contributed by atoms with Gasteiger partial charge in [0.25, 0.3) is 11.8 Å². The Kier molecular flexibility index (Phi) is 12.5. The fourth-order valence-electron chi connectivity index (χ4n) is 7.36. The van der Waals surface area contributed by atoms with Crippen molar-refractivity contribution in [2.45, 2.75) is 51.6 Å². The van der Waals surface area contributed by atoms with Gasteiger partial charge < -0.3 is 36.3 Å². The first-order valence-corrected chi connectivity index (χ1v) is 19.7. The number of phenolic OH excluding ortho intramolecular Hbond substituents is 1. The van der Waals surface area contributed by atoms with Crippen molar-refractivity contribution in [2.24, 2.45) is 5.73 Å². The third-order valence-electron chi connectivity index (χ3n) is 10.3. The number of anilines is 3. The lowest BCUT2D eigenvalue weighted by molar-refractivity contribution is 0.0998. The number of pyridine rings is 2. The van der Waals surface area contributed by atoms with Crippen molar-refractivity contribution < 1.29 is 24.5 Å². The second kappa shape index (κ2) is 18.4. The maximum absolute atomic E-state index is 13.5. The molecule has 11 nitrogen and oxygen atoms in total. The molecule has 0 fully saturated rings. The molecular formula is C49H45N5O6. The maximum Gasteiger partial charge on any atom is 0.255 e. The highest BCUT2D eigenvalue weighted by atomic mass is 16.5. The Labute approximate surface area is 347 Å². The van der Waals surface area contributed by atoms with Gasteiger partial charge in [0, 0.05) is 58.0 Å². The fraction of sp³-hybridized carbons (Fsp3) is 0.184. The van der Waals surface area contributed by atoms with E-state index in [0.29, 0.717) is 58.4 Å². The number of aliphatic hydroxyl groups excluding tert-OH is 1. The molecule has 0 saturated carbocycles. The fourth-order valence-corrected chi connectivity index (χ4v) is 7.36. The Hall–Kier alpha value is -7.42. The number of unbranched alkanes of at least 4 members (excludes halogenated alkanes) is 3. The molecule has 2 amide bonds. The Balaban J connectivity index is 0.961. The molecule has 60 heavy (non-hydrogen) atoms. The Morgan fingerprint density at radius 1 is 0.883 bits per heavy atom. The molecule has 0 saturated heterocycles. The molecule has 0 aliphatic carbocycles. The van der Waals surface area contributed by atoms with E-state index in [4.69, 9.17) is 10.5 Å². The van der Waals surface area contributed by atoms with Crippen LogP contribution in [0.25, 0.3) is 21.8 Å². The number of rotatable bonds is 14. The number of carbonyl (C=O) groups is 2. The van der Waals surface area contributed by atoms with Crippen molar-refractivity contribution in [1.82, 2.24) is 9.97 Å². The van der Waals surface area contributed by atoms with Crippen LogP contribution in [0.1, 0.15) is 86.7 Å². The van der Waals surface area contributed by atoms with E-state index in [1.165, 1.54) is 18.3 Å². The van der Waals surface area contributed by atoms with Crippen molar-refractivity contribution in [3.05, 3.63) is 165 Å². The summed E-state index contributed by atoms with van der Waals surface area (Å²) in [5, 5.41) is 28.7. The number of aromatic nitrogens is 2. The predicted octanol–water partition coefficient (Wildman–Crippen LogP) is 8.82. The number of hydrogen-bond donors (Lipinski definition) is 6. The number of aromatic amines is 1. The number of carbonyl (C=O) groups excluding carboxylic acids is 2. The summed E-state index contributed by atoms with van der Waals surface area (Å²) in [6.07, 6.45) is 5.06. The first-order chi connectivity index (χ1) is 29.1. The third kappa shape index (κ3) is 9.64. The van der Waals surface area contributed by atoms with Crippen LogP contribution < -0.4 is 26.7 Å². The average Bonchev–Trinajstić information content (AvgIpc) is 3.24. The summed E-state index contributed by atoms with van der Waals surface area (Å²) in [6, 6.07) is 32.6. The van der Waals surface area contributed by atoms with Gasteiger partial charge in [-0.05, 0) is 109 Å². The molecule has 2 aromatic heterocycles. The van der Waals surface area contributed by atoms with Gasteiger partial charge in [-0.25, -0.2) is 0 Å². The summed E-state index contributed by atoms with van der Waals surface area (Å²) in [5.74, 6) is 6.21. The summed E-state index contributed by atoms with van der Waals surface area (Å²) in [5.41, 5.74) is 13.5. The van der Waals surface area contributed by atoms with E-state index in [-0.39, 0.29) is 22.8 Å². The molecule has 0 aliphatic heterocycles. The van der Waals surface area contributed by atoms with Gasteiger partial charge in [-0.2, -0.15) is 0 Å². The van der Waals surface area contributed by atoms with Crippen molar-refractivity contribution in [2.75, 3.05) is 17.7 Å². The molecule has 11 heteroatoms. The highest BCUT2D eigenvalue weighted by Gasteiger charge is 2.17. The lowest BCUT2D eigenvalue weighted by Gasteiger charge is -2.16. The number of aryl methyl sites for hydroxylation is 1. The monoisotopic (exact) mass is 799 g/mol. The van der Waals surface area contributed by atoms with E-state index in [1.807, 2.05) is 79.7 Å². The number of nitrogens with two attached hydrogens (primary N) is 1. The normalized spacial score (nSPS) is 11.4. The average molecular weight is 800 g/mol. The molecule has 0 unspecified atom stereocenters. The molecule has 0 radical (unpaired) electrons. The van der Waals surface area contributed by atoms with Gasteiger partial charge in [-0.1, -0.05) is 61.1 Å². The smallest absolute Gasteiger partial charge is 0.255 e. The Bertz CT molecular complexity index is 2860. The van der Waals surface area contributed by atoms with E-state index in [0.717, 1.165) is 58.1 Å². The standard InChI is InChI=1S/C49H45N5O6/c1-30-23-33(27-40-45(30)51-29-41(48(50)58)46(40)52-36-16-10-17-37(28-36)60-2)24-32-13-8-14-34(25-32)49(59)53-35-15-9-12-31(26-35)11-6-4-3-5-7-18-42(55)38-19-21-43(56)47-39(38)20-22-44(57)54-47/h8-10,12-17,19-23,25-29,42,55-56H,3-5,7,18,24H2,1-2H3,(H2,50,58)(H,51,52)(H,53,59)(H,54,57)/t42-/m0/s1. The van der Waals surface area contributed by atoms with E-state index in [2.05, 4.69) is 38.5 Å². The van der Waals surface area contributed by atoms with Gasteiger partial charge >= 0.3 is 0 Å². The summed E-state index contributed by atoms with van der Waals surface area (Å²) < 4.78 is 5.39. The summed E-state index contributed by atoms with van der Waals surface area (Å²) in [7, 11) is 1.59. The molecule has 7 N–H and O–H groups in total. The maximum atomic E-state index is 13.5. The van der Waals surface area contributed by atoms with Crippen molar-refractivity contribution in [1.29, 1.82) is 0 Å². The molecule has 0 aliphatic rings.